The molecule has 0 aliphatic carbocycles. The van der Waals surface area contributed by atoms with Gasteiger partial charge in [-0.3, -0.25) is 9.00 Å². The van der Waals surface area contributed by atoms with Gasteiger partial charge in [-0.1, -0.05) is 11.6 Å². The predicted molar refractivity (Wildman–Crippen MR) is 74.6 cm³/mol. The number of nitrogens with one attached hydrogen (secondary N) is 1. The first kappa shape index (κ1) is 14.5. The Hall–Kier alpha value is -0.520. The zero-order valence-corrected chi connectivity index (χ0v) is 11.9. The van der Waals surface area contributed by atoms with Crippen LogP contribution in [0.1, 0.15) is 16.8 Å². The average Bonchev–Trinajstić information content (AvgIpc) is 2.27. The Labute approximate surface area is 114 Å². The van der Waals surface area contributed by atoms with Gasteiger partial charge in [-0.05, 0) is 24.6 Å². The maximum Gasteiger partial charge on any atom is 0.252 e. The number of halogens is 1. The van der Waals surface area contributed by atoms with E-state index in [1.807, 2.05) is 0 Å². The average molecular weight is 292 g/mol. The Bertz CT molecular complexity index is 437. The van der Waals surface area contributed by atoms with Gasteiger partial charge in [0.05, 0.1) is 10.6 Å². The highest BCUT2D eigenvalue weighted by Gasteiger charge is 2.09. The van der Waals surface area contributed by atoms with Gasteiger partial charge >= 0.3 is 0 Å². The minimum Gasteiger partial charge on any atom is -0.352 e. The number of thiol groups is 1. The topological polar surface area (TPSA) is 46.2 Å². The van der Waals surface area contributed by atoms with Gasteiger partial charge < -0.3 is 5.32 Å². The highest BCUT2D eigenvalue weighted by atomic mass is 35.5. The van der Waals surface area contributed by atoms with Gasteiger partial charge in [0.1, 0.15) is 0 Å². The molecule has 1 aromatic rings. The Balaban J connectivity index is 2.52. The van der Waals surface area contributed by atoms with Crippen LogP contribution in [-0.4, -0.2) is 28.7 Å². The second kappa shape index (κ2) is 7.03. The van der Waals surface area contributed by atoms with Gasteiger partial charge in [-0.25, -0.2) is 0 Å². The molecule has 1 unspecified atom stereocenters. The maximum atomic E-state index is 11.8. The van der Waals surface area contributed by atoms with E-state index in [1.165, 1.54) is 0 Å². The molecule has 0 fully saturated rings. The third-order valence-electron chi connectivity index (χ3n) is 2.09. The summed E-state index contributed by atoms with van der Waals surface area (Å²) < 4.78 is 10.8. The van der Waals surface area contributed by atoms with Crippen LogP contribution in [0.5, 0.6) is 0 Å². The fourth-order valence-electron chi connectivity index (χ4n) is 1.26. The molecule has 17 heavy (non-hydrogen) atoms. The van der Waals surface area contributed by atoms with Gasteiger partial charge in [0, 0.05) is 34.2 Å². The summed E-state index contributed by atoms with van der Waals surface area (Å²) in [5.74, 6) is 0.355. The number of carbonyl (C=O) groups is 1. The SMILES string of the molecule is CS(=O)CCCNC(=O)c1cc(S)ccc1Cl. The number of hydrogen-bond donors (Lipinski definition) is 2. The van der Waals surface area contributed by atoms with Gasteiger partial charge in [0.15, 0.2) is 0 Å². The molecule has 94 valence electrons. The van der Waals surface area contributed by atoms with Crippen molar-refractivity contribution in [1.82, 2.24) is 5.32 Å². The number of carbonyl (C=O) groups excluding carboxylic acids is 1. The lowest BCUT2D eigenvalue weighted by Crippen LogP contribution is -2.25. The zero-order chi connectivity index (χ0) is 12.8. The molecule has 0 heterocycles. The predicted octanol–water partition coefficient (Wildman–Crippen LogP) is 2.13. The molecule has 0 aliphatic rings. The molecular formula is C11H14ClNO2S2. The van der Waals surface area contributed by atoms with Crippen LogP contribution in [0, 0.1) is 0 Å². The lowest BCUT2D eigenvalue weighted by Gasteiger charge is -2.06. The molecule has 0 aromatic heterocycles. The molecule has 1 atom stereocenters. The molecule has 1 N–H and O–H groups in total. The third kappa shape index (κ3) is 5.10. The van der Waals surface area contributed by atoms with Crippen molar-refractivity contribution in [3.05, 3.63) is 28.8 Å². The van der Waals surface area contributed by atoms with E-state index < -0.39 is 10.8 Å². The Morgan fingerprint density at radius 1 is 1.53 bits per heavy atom. The van der Waals surface area contributed by atoms with Gasteiger partial charge in [-0.15, -0.1) is 12.6 Å². The summed E-state index contributed by atoms with van der Waals surface area (Å²) in [5.41, 5.74) is 0.414. The van der Waals surface area contributed by atoms with E-state index in [9.17, 15) is 9.00 Å². The van der Waals surface area contributed by atoms with Crippen molar-refractivity contribution in [3.63, 3.8) is 0 Å². The lowest BCUT2D eigenvalue weighted by atomic mass is 10.2. The fraction of sp³-hybridized carbons (Fsp3) is 0.364. The van der Waals surface area contributed by atoms with Crippen molar-refractivity contribution in [2.24, 2.45) is 0 Å². The summed E-state index contributed by atoms with van der Waals surface area (Å²) in [5, 5.41) is 3.13. The minimum atomic E-state index is -0.822. The zero-order valence-electron chi connectivity index (χ0n) is 9.40. The summed E-state index contributed by atoms with van der Waals surface area (Å²) in [4.78, 5) is 12.4. The summed E-state index contributed by atoms with van der Waals surface area (Å²) in [6, 6.07) is 4.99. The number of hydrogen-bond acceptors (Lipinski definition) is 3. The van der Waals surface area contributed by atoms with Crippen molar-refractivity contribution in [3.8, 4) is 0 Å². The first-order chi connectivity index (χ1) is 8.00. The van der Waals surface area contributed by atoms with E-state index >= 15 is 0 Å². The first-order valence-electron chi connectivity index (χ1n) is 5.07. The smallest absolute Gasteiger partial charge is 0.252 e. The highest BCUT2D eigenvalue weighted by molar-refractivity contribution is 7.84. The summed E-state index contributed by atoms with van der Waals surface area (Å²) in [7, 11) is -0.822. The maximum absolute atomic E-state index is 11.8. The highest BCUT2D eigenvalue weighted by Crippen LogP contribution is 2.19. The molecule has 6 heteroatoms. The van der Waals surface area contributed by atoms with Crippen LogP contribution in [0.3, 0.4) is 0 Å². The van der Waals surface area contributed by atoms with Gasteiger partial charge in [-0.2, -0.15) is 0 Å². The van der Waals surface area contributed by atoms with Crippen LogP contribution < -0.4 is 5.32 Å². The van der Waals surface area contributed by atoms with E-state index in [4.69, 9.17) is 11.6 Å². The van der Waals surface area contributed by atoms with Crippen LogP contribution in [0.25, 0.3) is 0 Å². The van der Waals surface area contributed by atoms with Crippen molar-refractivity contribution in [2.75, 3.05) is 18.6 Å². The minimum absolute atomic E-state index is 0.229. The van der Waals surface area contributed by atoms with E-state index in [0.29, 0.717) is 34.2 Å². The van der Waals surface area contributed by atoms with Crippen LogP contribution in [0.15, 0.2) is 23.1 Å². The van der Waals surface area contributed by atoms with Crippen molar-refractivity contribution in [2.45, 2.75) is 11.3 Å². The van der Waals surface area contributed by atoms with E-state index in [0.717, 1.165) is 0 Å². The van der Waals surface area contributed by atoms with Crippen LogP contribution in [-0.2, 0) is 10.8 Å². The lowest BCUT2D eigenvalue weighted by molar-refractivity contribution is 0.0953. The molecule has 3 nitrogen and oxygen atoms in total. The van der Waals surface area contributed by atoms with Crippen molar-refractivity contribution >= 4 is 40.9 Å². The fourth-order valence-corrected chi connectivity index (χ4v) is 2.22. The molecule has 0 bridgehead atoms. The molecule has 0 saturated heterocycles. The Morgan fingerprint density at radius 2 is 2.24 bits per heavy atom. The largest absolute Gasteiger partial charge is 0.352 e. The quantitative estimate of drug-likeness (QED) is 0.645. The third-order valence-corrected chi connectivity index (χ3v) is 3.56. The molecule has 1 amide bonds. The van der Waals surface area contributed by atoms with Crippen LogP contribution in [0.4, 0.5) is 0 Å². The normalized spacial score (nSPS) is 12.2. The molecule has 0 aliphatic heterocycles. The van der Waals surface area contributed by atoms with E-state index in [1.54, 1.807) is 24.5 Å². The molecular weight excluding hydrogens is 278 g/mol. The van der Waals surface area contributed by atoms with Crippen molar-refractivity contribution < 1.29 is 9.00 Å². The summed E-state index contributed by atoms with van der Waals surface area (Å²) in [6.45, 7) is 0.492. The van der Waals surface area contributed by atoms with Gasteiger partial charge in [0.2, 0.25) is 0 Å². The molecule has 1 aromatic carbocycles. The summed E-state index contributed by atoms with van der Waals surface area (Å²) in [6.07, 6.45) is 2.33. The second-order valence-corrected chi connectivity index (χ2v) is 6.03. The van der Waals surface area contributed by atoms with E-state index in [-0.39, 0.29) is 5.91 Å². The standard InChI is InChI=1S/C11H14ClNO2S2/c1-17(15)6-2-5-13-11(14)9-7-8(16)3-4-10(9)12/h3-4,7,16H,2,5-6H2,1H3,(H,13,14). The molecule has 0 radical (unpaired) electrons. The van der Waals surface area contributed by atoms with E-state index in [2.05, 4.69) is 17.9 Å². The van der Waals surface area contributed by atoms with Crippen molar-refractivity contribution in [1.29, 1.82) is 0 Å². The molecule has 0 spiro atoms. The summed E-state index contributed by atoms with van der Waals surface area (Å²) >= 11 is 10.1. The first-order valence-corrected chi connectivity index (χ1v) is 7.62. The number of benzene rings is 1. The Morgan fingerprint density at radius 3 is 2.88 bits per heavy atom. The van der Waals surface area contributed by atoms with Crippen LogP contribution >= 0.6 is 24.2 Å². The monoisotopic (exact) mass is 291 g/mol. The molecule has 0 saturated carbocycles. The number of amides is 1. The van der Waals surface area contributed by atoms with Crippen LogP contribution in [0.2, 0.25) is 5.02 Å². The van der Waals surface area contributed by atoms with Gasteiger partial charge in [0.25, 0.3) is 5.91 Å². The Kier molecular flexibility index (Phi) is 6.02. The molecule has 1 rings (SSSR count). The second-order valence-electron chi connectivity index (χ2n) is 3.55. The number of rotatable bonds is 5.